The summed E-state index contributed by atoms with van der Waals surface area (Å²) in [6.07, 6.45) is 3.55. The number of fused-ring (bicyclic) bond motifs is 1. The predicted octanol–water partition coefficient (Wildman–Crippen LogP) is 5.02. The van der Waals surface area contributed by atoms with Crippen LogP contribution in [-0.2, 0) is 17.6 Å². The van der Waals surface area contributed by atoms with E-state index in [0.29, 0.717) is 12.8 Å². The number of halogens is 3. The zero-order chi connectivity index (χ0) is 18.1. The molecule has 2 rings (SSSR count). The monoisotopic (exact) mass is 391 g/mol. The summed E-state index contributed by atoms with van der Waals surface area (Å²) in [6.45, 7) is 7.90. The van der Waals surface area contributed by atoms with Gasteiger partial charge in [0.15, 0.2) is 0 Å². The molecule has 0 aliphatic heterocycles. The summed E-state index contributed by atoms with van der Waals surface area (Å²) in [5, 5.41) is 13.5. The summed E-state index contributed by atoms with van der Waals surface area (Å²) in [6, 6.07) is 3.23. The molecule has 0 heterocycles. The van der Waals surface area contributed by atoms with Crippen LogP contribution in [0.4, 0.5) is 4.39 Å². The van der Waals surface area contributed by atoms with Crippen LogP contribution in [0.5, 0.6) is 0 Å². The van der Waals surface area contributed by atoms with E-state index in [2.05, 4.69) is 5.32 Å². The molecule has 0 bridgehead atoms. The first-order valence-electron chi connectivity index (χ1n) is 8.58. The molecule has 25 heavy (non-hydrogen) atoms. The van der Waals surface area contributed by atoms with Crippen molar-refractivity contribution in [2.45, 2.75) is 71.4 Å². The number of carboxylic acid groups (broad SMARTS) is 1. The van der Waals surface area contributed by atoms with Crippen molar-refractivity contribution in [2.75, 3.05) is 0 Å². The van der Waals surface area contributed by atoms with Crippen LogP contribution in [0, 0.1) is 11.2 Å². The second-order valence-corrected chi connectivity index (χ2v) is 8.24. The maximum Gasteiger partial charge on any atom is 0.324 e. The number of aliphatic carboxylic acids is 1. The Morgan fingerprint density at radius 2 is 2.00 bits per heavy atom. The third-order valence-electron chi connectivity index (χ3n) is 5.19. The molecule has 2 atom stereocenters. The van der Waals surface area contributed by atoms with Crippen LogP contribution in [0.25, 0.3) is 0 Å². The third-order valence-corrected chi connectivity index (χ3v) is 5.48. The minimum absolute atomic E-state index is 0. The number of aryl methyl sites for hydroxylation is 1. The first-order chi connectivity index (χ1) is 11.1. The lowest BCUT2D eigenvalue weighted by Crippen LogP contribution is -2.64. The summed E-state index contributed by atoms with van der Waals surface area (Å²) in [5.41, 5.74) is 0.584. The average molecular weight is 392 g/mol. The highest BCUT2D eigenvalue weighted by Gasteiger charge is 2.49. The van der Waals surface area contributed by atoms with Crippen LogP contribution in [0.15, 0.2) is 12.1 Å². The Balaban J connectivity index is 0.00000312. The Morgan fingerprint density at radius 1 is 1.36 bits per heavy atom. The second kappa shape index (κ2) is 8.24. The summed E-state index contributed by atoms with van der Waals surface area (Å²) in [4.78, 5) is 12.1. The van der Waals surface area contributed by atoms with Crippen LogP contribution in [0.3, 0.4) is 0 Å². The highest BCUT2D eigenvalue weighted by Crippen LogP contribution is 2.37. The van der Waals surface area contributed by atoms with Gasteiger partial charge in [0.1, 0.15) is 11.4 Å². The Morgan fingerprint density at radius 3 is 2.52 bits per heavy atom. The number of hydrogen-bond donors (Lipinski definition) is 2. The smallest absolute Gasteiger partial charge is 0.324 e. The van der Waals surface area contributed by atoms with Gasteiger partial charge in [-0.25, -0.2) is 4.39 Å². The van der Waals surface area contributed by atoms with E-state index in [-0.39, 0.29) is 29.3 Å². The maximum absolute atomic E-state index is 13.6. The van der Waals surface area contributed by atoms with Gasteiger partial charge in [0.25, 0.3) is 0 Å². The first-order valence-corrected chi connectivity index (χ1v) is 8.96. The molecular formula is C19H28Cl2FNO2. The zero-order valence-corrected chi connectivity index (χ0v) is 16.9. The van der Waals surface area contributed by atoms with Crippen LogP contribution in [-0.4, -0.2) is 22.7 Å². The summed E-state index contributed by atoms with van der Waals surface area (Å²) in [7, 11) is 0. The molecule has 0 saturated carbocycles. The Hall–Kier alpha value is -0.840. The lowest BCUT2D eigenvalue weighted by Gasteiger charge is -2.45. The first kappa shape index (κ1) is 22.2. The summed E-state index contributed by atoms with van der Waals surface area (Å²) in [5.74, 6) is -1.19. The van der Waals surface area contributed by atoms with Crippen molar-refractivity contribution in [3.63, 3.8) is 0 Å². The molecule has 1 aromatic rings. The van der Waals surface area contributed by atoms with Crippen molar-refractivity contribution in [1.82, 2.24) is 5.32 Å². The Labute approximate surface area is 160 Å². The molecule has 0 amide bonds. The molecule has 0 aromatic heterocycles. The van der Waals surface area contributed by atoms with E-state index < -0.39 is 16.9 Å². The fourth-order valence-electron chi connectivity index (χ4n) is 3.75. The van der Waals surface area contributed by atoms with Crippen molar-refractivity contribution in [2.24, 2.45) is 5.41 Å². The fraction of sp³-hybridized carbons (Fsp3) is 0.632. The molecule has 0 fully saturated rings. The Kier molecular flexibility index (Phi) is 7.31. The highest BCUT2D eigenvalue weighted by atomic mass is 35.5. The van der Waals surface area contributed by atoms with E-state index in [1.54, 1.807) is 6.07 Å². The molecule has 0 unspecified atom stereocenters. The largest absolute Gasteiger partial charge is 0.480 e. The van der Waals surface area contributed by atoms with Gasteiger partial charge in [-0.3, -0.25) is 10.1 Å². The average Bonchev–Trinajstić information content (AvgIpc) is 2.46. The molecule has 1 aromatic carbocycles. The summed E-state index contributed by atoms with van der Waals surface area (Å²) >= 11 is 5.91. The van der Waals surface area contributed by atoms with Gasteiger partial charge in [-0.1, -0.05) is 45.7 Å². The van der Waals surface area contributed by atoms with Crippen LogP contribution in [0.2, 0.25) is 5.02 Å². The fourth-order valence-corrected chi connectivity index (χ4v) is 3.94. The highest BCUT2D eigenvalue weighted by molar-refractivity contribution is 6.30. The maximum atomic E-state index is 13.6. The van der Waals surface area contributed by atoms with Gasteiger partial charge in [-0.15, -0.1) is 12.4 Å². The molecule has 0 saturated heterocycles. The van der Waals surface area contributed by atoms with Crippen molar-refractivity contribution >= 4 is 30.0 Å². The SMILES string of the molecule is CCC[C@@](N[C@H]1CCc2cc(F)c(Cl)cc2C1)(C(=O)O)C(C)(C)C.Cl. The number of benzene rings is 1. The van der Waals surface area contributed by atoms with Crippen molar-refractivity contribution in [3.05, 3.63) is 34.1 Å². The predicted molar refractivity (Wildman–Crippen MR) is 102 cm³/mol. The van der Waals surface area contributed by atoms with Crippen LogP contribution < -0.4 is 5.32 Å². The van der Waals surface area contributed by atoms with Gasteiger partial charge in [-0.05, 0) is 54.4 Å². The van der Waals surface area contributed by atoms with Gasteiger partial charge < -0.3 is 5.11 Å². The molecule has 0 spiro atoms. The molecule has 2 N–H and O–H groups in total. The lowest BCUT2D eigenvalue weighted by molar-refractivity contribution is -0.151. The van der Waals surface area contributed by atoms with E-state index in [4.69, 9.17) is 11.6 Å². The third kappa shape index (κ3) is 4.47. The molecule has 3 nitrogen and oxygen atoms in total. The standard InChI is InChI=1S/C19H27ClFNO2.ClH/c1-5-8-19(17(23)24,18(2,3)4)22-14-7-6-12-11-16(21)15(20)10-13(12)9-14;/h10-11,14,22H,5-9H2,1-4H3,(H,23,24);1H/t14-,19+;/m0./s1. The van der Waals surface area contributed by atoms with Crippen LogP contribution >= 0.6 is 24.0 Å². The number of carbonyl (C=O) groups is 1. The van der Waals surface area contributed by atoms with Gasteiger partial charge in [0.2, 0.25) is 0 Å². The van der Waals surface area contributed by atoms with E-state index in [1.807, 2.05) is 27.7 Å². The Bertz CT molecular complexity index is 631. The normalized spacial score (nSPS) is 19.5. The quantitative estimate of drug-likeness (QED) is 0.740. The van der Waals surface area contributed by atoms with Gasteiger partial charge in [0, 0.05) is 6.04 Å². The minimum atomic E-state index is -0.978. The molecular weight excluding hydrogens is 364 g/mol. The van der Waals surface area contributed by atoms with Crippen molar-refractivity contribution in [3.8, 4) is 0 Å². The molecule has 6 heteroatoms. The molecule has 142 valence electrons. The van der Waals surface area contributed by atoms with Crippen molar-refractivity contribution < 1.29 is 14.3 Å². The van der Waals surface area contributed by atoms with E-state index in [1.165, 1.54) is 6.07 Å². The van der Waals surface area contributed by atoms with Crippen molar-refractivity contribution in [1.29, 1.82) is 0 Å². The minimum Gasteiger partial charge on any atom is -0.480 e. The lowest BCUT2D eigenvalue weighted by atomic mass is 9.69. The molecule has 0 radical (unpaired) electrons. The van der Waals surface area contributed by atoms with Gasteiger partial charge >= 0.3 is 5.97 Å². The van der Waals surface area contributed by atoms with Gasteiger partial charge in [-0.2, -0.15) is 0 Å². The number of carboxylic acids is 1. The topological polar surface area (TPSA) is 49.3 Å². The van der Waals surface area contributed by atoms with E-state index >= 15 is 0 Å². The second-order valence-electron chi connectivity index (χ2n) is 7.83. The number of rotatable bonds is 5. The zero-order valence-electron chi connectivity index (χ0n) is 15.3. The number of hydrogen-bond acceptors (Lipinski definition) is 2. The molecule has 1 aliphatic carbocycles. The number of nitrogens with one attached hydrogen (secondary N) is 1. The van der Waals surface area contributed by atoms with Gasteiger partial charge in [0.05, 0.1) is 5.02 Å². The molecule has 1 aliphatic rings. The summed E-state index contributed by atoms with van der Waals surface area (Å²) < 4.78 is 13.6. The van der Waals surface area contributed by atoms with E-state index in [0.717, 1.165) is 30.4 Å². The van der Waals surface area contributed by atoms with E-state index in [9.17, 15) is 14.3 Å². The van der Waals surface area contributed by atoms with Crippen LogP contribution in [0.1, 0.15) is 58.1 Å².